The fourth-order valence-electron chi connectivity index (χ4n) is 2.24. The highest BCUT2D eigenvalue weighted by Gasteiger charge is 2.14. The molecule has 0 aliphatic rings. The second-order valence-corrected chi connectivity index (χ2v) is 7.02. The van der Waals surface area contributed by atoms with E-state index in [1.54, 1.807) is 35.5 Å². The van der Waals surface area contributed by atoms with E-state index in [9.17, 15) is 12.8 Å². The first-order chi connectivity index (χ1) is 11.5. The lowest BCUT2D eigenvalue weighted by Gasteiger charge is -2.07. The minimum Gasteiger partial charge on any atom is -0.464 e. The van der Waals surface area contributed by atoms with Crippen LogP contribution in [0.15, 0.2) is 59.5 Å². The van der Waals surface area contributed by atoms with E-state index in [0.717, 1.165) is 5.56 Å². The van der Waals surface area contributed by atoms with Gasteiger partial charge in [-0.2, -0.15) is 5.10 Å². The average molecular weight is 349 g/mol. The molecule has 6 nitrogen and oxygen atoms in total. The Labute approximate surface area is 139 Å². The molecule has 0 aliphatic carbocycles. The summed E-state index contributed by atoms with van der Waals surface area (Å²) in [6.07, 6.45) is 4.99. The Kier molecular flexibility index (Phi) is 4.77. The molecule has 0 atom stereocenters. The quantitative estimate of drug-likeness (QED) is 0.710. The Morgan fingerprint density at radius 3 is 2.79 bits per heavy atom. The van der Waals surface area contributed by atoms with Crippen molar-refractivity contribution in [3.8, 4) is 11.3 Å². The van der Waals surface area contributed by atoms with Gasteiger partial charge in [0.1, 0.15) is 11.6 Å². The fraction of sp³-hybridized carbons (Fsp3) is 0.188. The molecule has 0 radical (unpaired) electrons. The summed E-state index contributed by atoms with van der Waals surface area (Å²) in [6, 6.07) is 9.42. The van der Waals surface area contributed by atoms with Gasteiger partial charge in [-0.05, 0) is 18.2 Å². The normalized spacial score (nSPS) is 11.7. The zero-order chi connectivity index (χ0) is 17.0. The summed E-state index contributed by atoms with van der Waals surface area (Å²) in [4.78, 5) is 0. The van der Waals surface area contributed by atoms with Crippen molar-refractivity contribution >= 4 is 10.0 Å². The van der Waals surface area contributed by atoms with E-state index in [2.05, 4.69) is 9.82 Å². The van der Waals surface area contributed by atoms with Crippen molar-refractivity contribution < 1.29 is 17.2 Å². The molecule has 2 aromatic heterocycles. The molecule has 1 N–H and O–H groups in total. The topological polar surface area (TPSA) is 77.1 Å². The summed E-state index contributed by atoms with van der Waals surface area (Å²) in [5.74, 6) is -0.226. The molecule has 0 saturated carbocycles. The number of furan rings is 1. The van der Waals surface area contributed by atoms with E-state index in [1.807, 2.05) is 6.07 Å². The van der Waals surface area contributed by atoms with Gasteiger partial charge < -0.3 is 4.42 Å². The number of nitrogens with zero attached hydrogens (tertiary/aromatic N) is 2. The lowest BCUT2D eigenvalue weighted by Crippen LogP contribution is -2.29. The smallest absolute Gasteiger partial charge is 0.215 e. The number of halogens is 1. The third-order valence-corrected chi connectivity index (χ3v) is 4.74. The van der Waals surface area contributed by atoms with Gasteiger partial charge >= 0.3 is 0 Å². The first-order valence-electron chi connectivity index (χ1n) is 7.30. The van der Waals surface area contributed by atoms with Crippen LogP contribution in [0.25, 0.3) is 11.3 Å². The maximum atomic E-state index is 13.5. The van der Waals surface area contributed by atoms with Crippen molar-refractivity contribution in [1.82, 2.24) is 14.5 Å². The molecular formula is C16H16FN3O3S. The summed E-state index contributed by atoms with van der Waals surface area (Å²) in [7, 11) is -3.61. The van der Waals surface area contributed by atoms with Crippen molar-refractivity contribution in [3.63, 3.8) is 0 Å². The van der Waals surface area contributed by atoms with Crippen LogP contribution in [-0.4, -0.2) is 24.7 Å². The highest BCUT2D eigenvalue weighted by Crippen LogP contribution is 2.18. The molecule has 2 heterocycles. The molecule has 0 saturated heterocycles. The molecule has 8 heteroatoms. The summed E-state index contributed by atoms with van der Waals surface area (Å²) in [5.41, 5.74) is 0.957. The standard InChI is InChI=1S/C16H16FN3O3S/c17-15-5-2-1-4-13(15)12-24(21,22)19-7-8-20-11-14(10-18-20)16-6-3-9-23-16/h1-6,9-11,19H,7-8,12H2. The maximum Gasteiger partial charge on any atom is 0.215 e. The van der Waals surface area contributed by atoms with Gasteiger partial charge in [-0.3, -0.25) is 4.68 Å². The molecule has 3 rings (SSSR count). The van der Waals surface area contributed by atoms with Gasteiger partial charge in [-0.25, -0.2) is 17.5 Å². The van der Waals surface area contributed by atoms with Crippen LogP contribution in [-0.2, 0) is 22.3 Å². The zero-order valence-corrected chi connectivity index (χ0v) is 13.5. The van der Waals surface area contributed by atoms with Gasteiger partial charge in [0.25, 0.3) is 0 Å². The lowest BCUT2D eigenvalue weighted by atomic mass is 10.2. The maximum absolute atomic E-state index is 13.5. The van der Waals surface area contributed by atoms with E-state index in [0.29, 0.717) is 12.3 Å². The van der Waals surface area contributed by atoms with Crippen LogP contribution < -0.4 is 4.72 Å². The second-order valence-electron chi connectivity index (χ2n) is 5.21. The Morgan fingerprint density at radius 1 is 1.21 bits per heavy atom. The van der Waals surface area contributed by atoms with E-state index in [1.165, 1.54) is 18.2 Å². The number of hydrogen-bond acceptors (Lipinski definition) is 4. The summed E-state index contributed by atoms with van der Waals surface area (Å²) in [5, 5.41) is 4.15. The molecule has 0 aliphatic heterocycles. The van der Waals surface area contributed by atoms with Crippen molar-refractivity contribution in [2.75, 3.05) is 6.54 Å². The summed E-state index contributed by atoms with van der Waals surface area (Å²) in [6.45, 7) is 0.521. The van der Waals surface area contributed by atoms with E-state index < -0.39 is 21.6 Å². The first-order valence-corrected chi connectivity index (χ1v) is 8.96. The van der Waals surface area contributed by atoms with E-state index >= 15 is 0 Å². The van der Waals surface area contributed by atoms with Crippen LogP contribution in [0.3, 0.4) is 0 Å². The van der Waals surface area contributed by atoms with Crippen LogP contribution in [0.5, 0.6) is 0 Å². The van der Waals surface area contributed by atoms with Crippen LogP contribution in [0, 0.1) is 5.82 Å². The number of hydrogen-bond donors (Lipinski definition) is 1. The minimum atomic E-state index is -3.61. The summed E-state index contributed by atoms with van der Waals surface area (Å²) < 4.78 is 46.9. The molecule has 3 aromatic rings. The minimum absolute atomic E-state index is 0.143. The first kappa shape index (κ1) is 16.4. The Balaban J connectivity index is 1.55. The Bertz CT molecular complexity index is 904. The van der Waals surface area contributed by atoms with Crippen molar-refractivity contribution in [3.05, 3.63) is 66.4 Å². The second kappa shape index (κ2) is 6.98. The molecule has 0 amide bonds. The number of rotatable bonds is 7. The van der Waals surface area contributed by atoms with Crippen molar-refractivity contribution in [2.45, 2.75) is 12.3 Å². The fourth-order valence-corrected chi connectivity index (χ4v) is 3.39. The molecule has 1 aromatic carbocycles. The lowest BCUT2D eigenvalue weighted by molar-refractivity contribution is 0.556. The van der Waals surface area contributed by atoms with Crippen LogP contribution >= 0.6 is 0 Å². The largest absolute Gasteiger partial charge is 0.464 e. The highest BCUT2D eigenvalue weighted by atomic mass is 32.2. The molecule has 0 bridgehead atoms. The van der Waals surface area contributed by atoms with Gasteiger partial charge in [0.2, 0.25) is 10.0 Å². The predicted octanol–water partition coefficient (Wildman–Crippen LogP) is 2.40. The monoisotopic (exact) mass is 349 g/mol. The van der Waals surface area contributed by atoms with Gasteiger partial charge in [0.05, 0.1) is 30.3 Å². The Morgan fingerprint density at radius 2 is 2.04 bits per heavy atom. The van der Waals surface area contributed by atoms with Crippen molar-refractivity contribution in [1.29, 1.82) is 0 Å². The van der Waals surface area contributed by atoms with Gasteiger partial charge in [-0.1, -0.05) is 18.2 Å². The third kappa shape index (κ3) is 4.09. The SMILES string of the molecule is O=S(=O)(Cc1ccccc1F)NCCn1cc(-c2ccco2)cn1. The number of benzene rings is 1. The molecule has 0 spiro atoms. The molecule has 0 fully saturated rings. The van der Waals surface area contributed by atoms with Gasteiger partial charge in [-0.15, -0.1) is 0 Å². The highest BCUT2D eigenvalue weighted by molar-refractivity contribution is 7.88. The van der Waals surface area contributed by atoms with E-state index in [-0.39, 0.29) is 12.1 Å². The van der Waals surface area contributed by atoms with Crippen LogP contribution in [0.1, 0.15) is 5.56 Å². The molecule has 126 valence electrons. The van der Waals surface area contributed by atoms with E-state index in [4.69, 9.17) is 4.42 Å². The average Bonchev–Trinajstić information content (AvgIpc) is 3.20. The van der Waals surface area contributed by atoms with Crippen LogP contribution in [0.2, 0.25) is 0 Å². The predicted molar refractivity (Wildman–Crippen MR) is 87.0 cm³/mol. The van der Waals surface area contributed by atoms with Crippen molar-refractivity contribution in [2.24, 2.45) is 0 Å². The van der Waals surface area contributed by atoms with Gasteiger partial charge in [0.15, 0.2) is 0 Å². The number of aromatic nitrogens is 2. The van der Waals surface area contributed by atoms with Crippen LogP contribution in [0.4, 0.5) is 4.39 Å². The summed E-state index contributed by atoms with van der Waals surface area (Å²) >= 11 is 0. The molecule has 0 unspecified atom stereocenters. The molecular weight excluding hydrogens is 333 g/mol. The number of nitrogens with one attached hydrogen (secondary N) is 1. The van der Waals surface area contributed by atoms with Gasteiger partial charge in [0, 0.05) is 18.3 Å². The molecule has 24 heavy (non-hydrogen) atoms. The zero-order valence-electron chi connectivity index (χ0n) is 12.7. The number of sulfonamides is 1. The third-order valence-electron chi connectivity index (χ3n) is 3.41. The Hall–Kier alpha value is -2.45.